The number of aromatic nitrogens is 3. The van der Waals surface area contributed by atoms with E-state index in [2.05, 4.69) is 16.8 Å². The summed E-state index contributed by atoms with van der Waals surface area (Å²) < 4.78 is 15.6. The van der Waals surface area contributed by atoms with Crippen LogP contribution in [0.25, 0.3) is 16.7 Å². The minimum absolute atomic E-state index is 0.0112. The third kappa shape index (κ3) is 5.31. The van der Waals surface area contributed by atoms with Crippen LogP contribution in [0, 0.1) is 0 Å². The number of benzene rings is 2. The first kappa shape index (κ1) is 23.8. The minimum Gasteiger partial charge on any atom is -0.505 e. The van der Waals surface area contributed by atoms with Crippen LogP contribution in [-0.4, -0.2) is 52.4 Å². The lowest BCUT2D eigenvalue weighted by Gasteiger charge is -2.23. The molecule has 3 rings (SSSR count). The van der Waals surface area contributed by atoms with Crippen LogP contribution in [0.3, 0.4) is 0 Å². The summed E-state index contributed by atoms with van der Waals surface area (Å²) in [6, 6.07) is 8.16. The standard InChI is InChI=1S/C24H27N3O6/c1-14(2)22(29)33-10-9-32-16-12-17(24(3,4)5)21(28)20(13-16)27-25-18-8-7-15(23(30)31-6)11-19(18)26-27/h7-8,11-13,28H,1,9-10H2,2-6H3. The predicted octanol–water partition coefficient (Wildman–Crippen LogP) is 3.71. The fourth-order valence-corrected chi connectivity index (χ4v) is 3.09. The smallest absolute Gasteiger partial charge is 0.337 e. The number of methoxy groups -OCH3 is 1. The number of phenols is 1. The second-order valence-corrected chi connectivity index (χ2v) is 8.54. The van der Waals surface area contributed by atoms with E-state index in [0.717, 1.165) is 0 Å². The normalized spacial score (nSPS) is 11.3. The number of hydrogen-bond donors (Lipinski definition) is 1. The quantitative estimate of drug-likeness (QED) is 0.327. The molecule has 0 aliphatic rings. The van der Waals surface area contributed by atoms with E-state index in [9.17, 15) is 14.7 Å². The molecule has 0 unspecified atom stereocenters. The lowest BCUT2D eigenvalue weighted by Crippen LogP contribution is -2.15. The molecule has 2 aromatic carbocycles. The van der Waals surface area contributed by atoms with Gasteiger partial charge in [-0.25, -0.2) is 9.59 Å². The molecule has 0 saturated heterocycles. The van der Waals surface area contributed by atoms with Gasteiger partial charge in [-0.2, -0.15) is 0 Å². The summed E-state index contributed by atoms with van der Waals surface area (Å²) in [4.78, 5) is 24.7. The van der Waals surface area contributed by atoms with Gasteiger partial charge in [-0.05, 0) is 36.6 Å². The van der Waals surface area contributed by atoms with Crippen LogP contribution >= 0.6 is 0 Å². The SMILES string of the molecule is C=C(C)C(=O)OCCOc1cc(-n2nc3ccc(C(=O)OC)cc3n2)c(O)c(C(C)(C)C)c1. The number of carbonyl (C=O) groups excluding carboxylic acids is 2. The molecule has 0 aliphatic heterocycles. The maximum Gasteiger partial charge on any atom is 0.337 e. The predicted molar refractivity (Wildman–Crippen MR) is 122 cm³/mol. The van der Waals surface area contributed by atoms with Crippen molar-refractivity contribution in [3.63, 3.8) is 0 Å². The minimum atomic E-state index is -0.487. The summed E-state index contributed by atoms with van der Waals surface area (Å²) >= 11 is 0. The summed E-state index contributed by atoms with van der Waals surface area (Å²) in [7, 11) is 1.31. The molecule has 0 atom stereocenters. The summed E-state index contributed by atoms with van der Waals surface area (Å²) in [5.41, 5.74) is 2.19. The Morgan fingerprint density at radius 1 is 1.09 bits per heavy atom. The number of ether oxygens (including phenoxy) is 3. The molecule has 0 aliphatic carbocycles. The van der Waals surface area contributed by atoms with Crippen molar-refractivity contribution in [3.05, 3.63) is 53.6 Å². The van der Waals surface area contributed by atoms with E-state index in [0.29, 0.717) is 39.2 Å². The van der Waals surface area contributed by atoms with E-state index >= 15 is 0 Å². The van der Waals surface area contributed by atoms with E-state index in [1.165, 1.54) is 11.9 Å². The molecule has 1 heterocycles. The number of aromatic hydroxyl groups is 1. The molecule has 9 heteroatoms. The fourth-order valence-electron chi connectivity index (χ4n) is 3.09. The van der Waals surface area contributed by atoms with E-state index < -0.39 is 17.4 Å². The number of carbonyl (C=O) groups is 2. The van der Waals surface area contributed by atoms with Crippen molar-refractivity contribution in [2.75, 3.05) is 20.3 Å². The highest BCUT2D eigenvalue weighted by Gasteiger charge is 2.24. The Balaban J connectivity index is 1.96. The van der Waals surface area contributed by atoms with Crippen molar-refractivity contribution in [1.29, 1.82) is 0 Å². The monoisotopic (exact) mass is 453 g/mol. The van der Waals surface area contributed by atoms with Crippen LogP contribution in [0.2, 0.25) is 0 Å². The van der Waals surface area contributed by atoms with Crippen molar-refractivity contribution in [2.24, 2.45) is 0 Å². The highest BCUT2D eigenvalue weighted by Crippen LogP contribution is 2.38. The molecule has 0 spiro atoms. The van der Waals surface area contributed by atoms with Crippen molar-refractivity contribution in [2.45, 2.75) is 33.1 Å². The molecular weight excluding hydrogens is 426 g/mol. The Morgan fingerprint density at radius 3 is 2.42 bits per heavy atom. The zero-order chi connectivity index (χ0) is 24.3. The first-order chi connectivity index (χ1) is 15.5. The van der Waals surface area contributed by atoms with E-state index in [1.54, 1.807) is 37.3 Å². The second-order valence-electron chi connectivity index (χ2n) is 8.54. The van der Waals surface area contributed by atoms with Gasteiger partial charge in [-0.1, -0.05) is 27.4 Å². The van der Waals surface area contributed by atoms with Crippen LogP contribution < -0.4 is 4.74 Å². The molecule has 0 saturated carbocycles. The number of nitrogens with zero attached hydrogens (tertiary/aromatic N) is 3. The third-order valence-corrected chi connectivity index (χ3v) is 4.82. The Hall–Kier alpha value is -3.88. The lowest BCUT2D eigenvalue weighted by atomic mass is 9.86. The topological polar surface area (TPSA) is 113 Å². The molecule has 1 aromatic heterocycles. The molecule has 1 N–H and O–H groups in total. The number of fused-ring (bicyclic) bond motifs is 1. The van der Waals surface area contributed by atoms with Crippen molar-refractivity contribution < 1.29 is 28.9 Å². The van der Waals surface area contributed by atoms with E-state index in [4.69, 9.17) is 14.2 Å². The molecule has 0 fully saturated rings. The fraction of sp³-hybridized carbons (Fsp3) is 0.333. The van der Waals surface area contributed by atoms with Gasteiger partial charge in [-0.3, -0.25) is 0 Å². The van der Waals surface area contributed by atoms with Crippen LogP contribution in [0.15, 0.2) is 42.5 Å². The molecule has 33 heavy (non-hydrogen) atoms. The first-order valence-electron chi connectivity index (χ1n) is 10.3. The van der Waals surface area contributed by atoms with Gasteiger partial charge in [-0.15, -0.1) is 15.0 Å². The van der Waals surface area contributed by atoms with Gasteiger partial charge >= 0.3 is 11.9 Å². The van der Waals surface area contributed by atoms with Crippen LogP contribution in [0.1, 0.15) is 43.6 Å². The number of rotatable bonds is 7. The highest BCUT2D eigenvalue weighted by atomic mass is 16.6. The van der Waals surface area contributed by atoms with Gasteiger partial charge < -0.3 is 19.3 Å². The van der Waals surface area contributed by atoms with Crippen molar-refractivity contribution in [1.82, 2.24) is 15.0 Å². The van der Waals surface area contributed by atoms with Crippen molar-refractivity contribution >= 4 is 23.0 Å². The van der Waals surface area contributed by atoms with Gasteiger partial charge in [0, 0.05) is 17.2 Å². The maximum absolute atomic E-state index is 11.8. The number of phenolic OH excluding ortho intramolecular Hbond substituents is 1. The summed E-state index contributed by atoms with van der Waals surface area (Å²) in [5, 5.41) is 19.9. The third-order valence-electron chi connectivity index (χ3n) is 4.82. The highest BCUT2D eigenvalue weighted by molar-refractivity contribution is 5.93. The first-order valence-corrected chi connectivity index (χ1v) is 10.3. The van der Waals surface area contributed by atoms with Crippen LogP contribution in [-0.2, 0) is 19.7 Å². The van der Waals surface area contributed by atoms with E-state index in [1.807, 2.05) is 20.8 Å². The van der Waals surface area contributed by atoms with Crippen LogP contribution in [0.4, 0.5) is 0 Å². The zero-order valence-corrected chi connectivity index (χ0v) is 19.3. The second kappa shape index (κ2) is 9.32. The molecule has 0 bridgehead atoms. The average Bonchev–Trinajstić information content (AvgIpc) is 3.18. The lowest BCUT2D eigenvalue weighted by molar-refractivity contribution is -0.139. The molecular formula is C24H27N3O6. The van der Waals surface area contributed by atoms with E-state index in [-0.39, 0.29) is 19.0 Å². The van der Waals surface area contributed by atoms with Gasteiger partial charge in [0.2, 0.25) is 0 Å². The molecule has 0 radical (unpaired) electrons. The van der Waals surface area contributed by atoms with Gasteiger partial charge in [0.25, 0.3) is 0 Å². The average molecular weight is 453 g/mol. The molecule has 9 nitrogen and oxygen atoms in total. The van der Waals surface area contributed by atoms with Gasteiger partial charge in [0.05, 0.1) is 12.7 Å². The zero-order valence-electron chi connectivity index (χ0n) is 19.3. The largest absolute Gasteiger partial charge is 0.505 e. The van der Waals surface area contributed by atoms with Crippen LogP contribution in [0.5, 0.6) is 11.5 Å². The summed E-state index contributed by atoms with van der Waals surface area (Å²) in [5.74, 6) is -0.501. The van der Waals surface area contributed by atoms with Crippen molar-refractivity contribution in [3.8, 4) is 17.2 Å². The van der Waals surface area contributed by atoms with Gasteiger partial charge in [0.1, 0.15) is 41.4 Å². The Kier molecular flexibility index (Phi) is 6.71. The maximum atomic E-state index is 11.8. The molecule has 174 valence electrons. The summed E-state index contributed by atoms with van der Waals surface area (Å²) in [6.45, 7) is 11.1. The number of esters is 2. The summed E-state index contributed by atoms with van der Waals surface area (Å²) in [6.07, 6.45) is 0. The van der Waals surface area contributed by atoms with Gasteiger partial charge in [0.15, 0.2) is 0 Å². The Morgan fingerprint density at radius 2 is 1.79 bits per heavy atom. The molecule has 0 amide bonds. The Bertz CT molecular complexity index is 1220. The molecule has 3 aromatic rings. The number of hydrogen-bond acceptors (Lipinski definition) is 8. The Labute approximate surface area is 191 Å².